The quantitative estimate of drug-likeness (QED) is 0.535. The number of fused-ring (bicyclic) bond motifs is 1. The molecule has 0 spiro atoms. The van der Waals surface area contributed by atoms with Gasteiger partial charge in [-0.3, -0.25) is 0 Å². The Hall–Kier alpha value is -2.97. The van der Waals surface area contributed by atoms with Crippen LogP contribution in [-0.4, -0.2) is 42.3 Å². The number of hydrogen-bond donors (Lipinski definition) is 0. The van der Waals surface area contributed by atoms with E-state index in [0.717, 1.165) is 42.8 Å². The van der Waals surface area contributed by atoms with Crippen molar-refractivity contribution in [3.05, 3.63) is 71.4 Å². The minimum absolute atomic E-state index is 0.186. The molecule has 2 aliphatic heterocycles. The first-order valence-corrected chi connectivity index (χ1v) is 13.3. The van der Waals surface area contributed by atoms with Gasteiger partial charge in [0.05, 0.1) is 16.2 Å². The lowest BCUT2D eigenvalue weighted by Gasteiger charge is -2.33. The third-order valence-electron chi connectivity index (χ3n) is 6.63. The Labute approximate surface area is 201 Å². The molecule has 0 bridgehead atoms. The van der Waals surface area contributed by atoms with Gasteiger partial charge in [0.1, 0.15) is 5.75 Å². The summed E-state index contributed by atoms with van der Waals surface area (Å²) in [6.45, 7) is 6.56. The Morgan fingerprint density at radius 1 is 0.971 bits per heavy atom. The van der Waals surface area contributed by atoms with Gasteiger partial charge >= 0.3 is 0 Å². The number of ether oxygens (including phenoxy) is 1. The van der Waals surface area contributed by atoms with Gasteiger partial charge in [-0.05, 0) is 55.5 Å². The van der Waals surface area contributed by atoms with Crippen molar-refractivity contribution in [3.8, 4) is 11.6 Å². The molecule has 0 unspecified atom stereocenters. The zero-order valence-corrected chi connectivity index (χ0v) is 20.5. The number of piperidine rings is 1. The summed E-state index contributed by atoms with van der Waals surface area (Å²) < 4.78 is 34.5. The third kappa shape index (κ3) is 4.65. The van der Waals surface area contributed by atoms with E-state index >= 15 is 0 Å². The molecule has 2 aliphatic rings. The second kappa shape index (κ2) is 9.35. The van der Waals surface area contributed by atoms with E-state index < -0.39 is 10.0 Å². The number of para-hydroxylation sites is 1. The summed E-state index contributed by atoms with van der Waals surface area (Å²) in [6.07, 6.45) is 2.74. The lowest BCUT2D eigenvalue weighted by atomic mass is 9.99. The molecule has 0 radical (unpaired) electrons. The van der Waals surface area contributed by atoms with Crippen LogP contribution in [0.3, 0.4) is 0 Å². The van der Waals surface area contributed by atoms with Crippen LogP contribution in [0.2, 0.25) is 0 Å². The summed E-state index contributed by atoms with van der Waals surface area (Å²) in [6, 6.07) is 16.5. The molecule has 0 saturated carbocycles. The number of nitrogens with zero attached hydrogens (tertiary/aromatic N) is 4. The van der Waals surface area contributed by atoms with Crippen LogP contribution in [0.5, 0.6) is 11.6 Å². The third-order valence-corrected chi connectivity index (χ3v) is 8.47. The van der Waals surface area contributed by atoms with Crippen LogP contribution >= 0.6 is 0 Å². The zero-order chi connectivity index (χ0) is 23.7. The lowest BCUT2D eigenvalue weighted by Crippen LogP contribution is -2.38. The van der Waals surface area contributed by atoms with Gasteiger partial charge in [-0.2, -0.15) is 9.29 Å². The van der Waals surface area contributed by atoms with Crippen LogP contribution in [-0.2, 0) is 23.0 Å². The van der Waals surface area contributed by atoms with Crippen molar-refractivity contribution in [1.82, 2.24) is 14.3 Å². The number of benzene rings is 2. The van der Waals surface area contributed by atoms with Crippen molar-refractivity contribution >= 4 is 16.0 Å². The van der Waals surface area contributed by atoms with E-state index in [1.54, 1.807) is 18.2 Å². The van der Waals surface area contributed by atoms with E-state index in [2.05, 4.69) is 11.8 Å². The van der Waals surface area contributed by atoms with Crippen LogP contribution < -0.4 is 9.64 Å². The summed E-state index contributed by atoms with van der Waals surface area (Å²) in [4.78, 5) is 12.2. The molecule has 0 amide bonds. The van der Waals surface area contributed by atoms with E-state index in [9.17, 15) is 8.42 Å². The molecule has 3 aromatic rings. The highest BCUT2D eigenvalue weighted by atomic mass is 32.2. The van der Waals surface area contributed by atoms with E-state index in [4.69, 9.17) is 14.7 Å². The first-order valence-electron chi connectivity index (χ1n) is 11.8. The monoisotopic (exact) mass is 478 g/mol. The summed E-state index contributed by atoms with van der Waals surface area (Å²) in [5, 5.41) is 0. The summed E-state index contributed by atoms with van der Waals surface area (Å²) >= 11 is 0. The van der Waals surface area contributed by atoms with Crippen molar-refractivity contribution in [3.63, 3.8) is 0 Å². The van der Waals surface area contributed by atoms with Crippen molar-refractivity contribution in [2.24, 2.45) is 5.92 Å². The Morgan fingerprint density at radius 2 is 1.74 bits per heavy atom. The maximum atomic E-state index is 13.4. The first-order chi connectivity index (χ1) is 16.4. The fraction of sp³-hybridized carbons (Fsp3) is 0.385. The highest BCUT2D eigenvalue weighted by Gasteiger charge is 2.33. The van der Waals surface area contributed by atoms with E-state index in [1.165, 1.54) is 4.31 Å². The molecular formula is C26H30N4O3S. The standard InChI is InChI=1S/C26H30N4O3S/c1-19-11-14-29(15-12-19)26-27-24-13-16-30(34(31,32)22-10-6-7-20(2)17-22)18-23(24)25(28-26)33-21-8-4-3-5-9-21/h3-10,17,19H,11-16,18H2,1-2H3. The fourth-order valence-corrected chi connectivity index (χ4v) is 6.03. The number of sulfonamides is 1. The van der Waals surface area contributed by atoms with Crippen molar-refractivity contribution in [1.29, 1.82) is 0 Å². The number of rotatable bonds is 5. The normalized spacial score (nSPS) is 17.4. The fourth-order valence-electron chi connectivity index (χ4n) is 4.51. The average molecular weight is 479 g/mol. The zero-order valence-electron chi connectivity index (χ0n) is 19.6. The van der Waals surface area contributed by atoms with Crippen molar-refractivity contribution in [2.75, 3.05) is 24.5 Å². The Kier molecular flexibility index (Phi) is 6.27. The molecular weight excluding hydrogens is 448 g/mol. The van der Waals surface area contributed by atoms with Crippen LogP contribution in [0.1, 0.15) is 36.6 Å². The maximum absolute atomic E-state index is 13.4. The topological polar surface area (TPSA) is 75.6 Å². The van der Waals surface area contributed by atoms with Crippen LogP contribution in [0.15, 0.2) is 59.5 Å². The molecule has 0 atom stereocenters. The second-order valence-corrected chi connectivity index (χ2v) is 11.2. The minimum Gasteiger partial charge on any atom is -0.439 e. The molecule has 1 aromatic heterocycles. The molecule has 2 aromatic carbocycles. The van der Waals surface area contributed by atoms with Gasteiger partial charge < -0.3 is 9.64 Å². The first kappa shape index (κ1) is 22.8. The molecule has 3 heterocycles. The molecule has 1 fully saturated rings. The molecule has 5 rings (SSSR count). The summed E-state index contributed by atoms with van der Waals surface area (Å²) in [5.74, 6) is 2.48. The van der Waals surface area contributed by atoms with Crippen molar-refractivity contribution in [2.45, 2.75) is 44.6 Å². The van der Waals surface area contributed by atoms with Gasteiger partial charge in [0.25, 0.3) is 0 Å². The largest absolute Gasteiger partial charge is 0.439 e. The molecule has 7 nitrogen and oxygen atoms in total. The van der Waals surface area contributed by atoms with Gasteiger partial charge in [0.15, 0.2) is 0 Å². The SMILES string of the molecule is Cc1cccc(S(=O)(=O)N2CCc3nc(N4CCC(C)CC4)nc(Oc4ccccc4)c3C2)c1. The van der Waals surface area contributed by atoms with E-state index in [0.29, 0.717) is 41.4 Å². The Balaban J connectivity index is 1.50. The second-order valence-electron chi connectivity index (χ2n) is 9.24. The average Bonchev–Trinajstić information content (AvgIpc) is 2.85. The Morgan fingerprint density at radius 3 is 2.47 bits per heavy atom. The minimum atomic E-state index is -3.64. The number of hydrogen-bond acceptors (Lipinski definition) is 6. The smallest absolute Gasteiger partial charge is 0.243 e. The number of aromatic nitrogens is 2. The van der Waals surface area contributed by atoms with Crippen LogP contribution in [0.25, 0.3) is 0 Å². The summed E-state index contributed by atoms with van der Waals surface area (Å²) in [5.41, 5.74) is 2.51. The van der Waals surface area contributed by atoms with E-state index in [-0.39, 0.29) is 6.54 Å². The number of aryl methyl sites for hydroxylation is 1. The molecule has 0 aliphatic carbocycles. The lowest BCUT2D eigenvalue weighted by molar-refractivity contribution is 0.368. The van der Waals surface area contributed by atoms with Crippen LogP contribution in [0, 0.1) is 12.8 Å². The van der Waals surface area contributed by atoms with Crippen molar-refractivity contribution < 1.29 is 13.2 Å². The Bertz CT molecular complexity index is 1270. The molecule has 0 N–H and O–H groups in total. The molecule has 178 valence electrons. The highest BCUT2D eigenvalue weighted by molar-refractivity contribution is 7.89. The predicted molar refractivity (Wildman–Crippen MR) is 132 cm³/mol. The predicted octanol–water partition coefficient (Wildman–Crippen LogP) is 4.56. The van der Waals surface area contributed by atoms with Gasteiger partial charge in [-0.1, -0.05) is 37.3 Å². The van der Waals surface area contributed by atoms with E-state index in [1.807, 2.05) is 43.3 Å². The highest BCUT2D eigenvalue weighted by Crippen LogP contribution is 2.34. The maximum Gasteiger partial charge on any atom is 0.243 e. The molecule has 1 saturated heterocycles. The van der Waals surface area contributed by atoms with Gasteiger partial charge in [0, 0.05) is 32.6 Å². The van der Waals surface area contributed by atoms with Gasteiger partial charge in [-0.25, -0.2) is 13.4 Å². The molecule has 34 heavy (non-hydrogen) atoms. The number of anilines is 1. The summed E-state index contributed by atoms with van der Waals surface area (Å²) in [7, 11) is -3.64. The molecule has 8 heteroatoms. The van der Waals surface area contributed by atoms with Crippen LogP contribution in [0.4, 0.5) is 5.95 Å². The van der Waals surface area contributed by atoms with Gasteiger partial charge in [-0.15, -0.1) is 0 Å². The van der Waals surface area contributed by atoms with Gasteiger partial charge in [0.2, 0.25) is 21.9 Å².